The molecule has 2 fully saturated rings. The highest BCUT2D eigenvalue weighted by atomic mass is 127. The summed E-state index contributed by atoms with van der Waals surface area (Å²) in [6.45, 7) is 16.6. The first kappa shape index (κ1) is 25.3. The highest BCUT2D eigenvalue weighted by Gasteiger charge is 2.30. The molecule has 0 radical (unpaired) electrons. The predicted molar refractivity (Wildman–Crippen MR) is 126 cm³/mol. The van der Waals surface area contributed by atoms with Gasteiger partial charge in [0.05, 0.1) is 12.6 Å². The van der Waals surface area contributed by atoms with Gasteiger partial charge in [0.1, 0.15) is 5.60 Å². The number of halogens is 1. The summed E-state index contributed by atoms with van der Waals surface area (Å²) in [6, 6.07) is 1.43. The number of nitrogens with one attached hydrogen (secondary N) is 2. The Morgan fingerprint density at radius 3 is 2.50 bits per heavy atom. The first-order valence-corrected chi connectivity index (χ1v) is 10.5. The Balaban J connectivity index is 0.00000392. The SMILES string of the molecule is CCNC(=NCCN(C(C)C)C1CC1)N1CC[C@@H](NC(=O)OC(C)(C)C)C1.I. The van der Waals surface area contributed by atoms with E-state index >= 15 is 0 Å². The predicted octanol–water partition coefficient (Wildman–Crippen LogP) is 3.04. The molecule has 164 valence electrons. The molecule has 1 aliphatic heterocycles. The van der Waals surface area contributed by atoms with Crippen molar-refractivity contribution in [2.75, 3.05) is 32.7 Å². The molecule has 0 aromatic rings. The van der Waals surface area contributed by atoms with Crippen LogP contribution in [0.1, 0.15) is 60.8 Å². The van der Waals surface area contributed by atoms with Crippen molar-refractivity contribution in [2.24, 2.45) is 4.99 Å². The van der Waals surface area contributed by atoms with Crippen molar-refractivity contribution in [3.05, 3.63) is 0 Å². The standard InChI is InChI=1S/C20H39N5O2.HI/c1-7-21-18(22-11-13-25(15(2)3)17-8-9-17)24-12-10-16(14-24)23-19(26)27-20(4,5)6;/h15-17H,7-14H2,1-6H3,(H,21,22)(H,23,26);1H/t16-;/m1./s1. The molecule has 0 aromatic carbocycles. The van der Waals surface area contributed by atoms with Crippen LogP contribution in [0.2, 0.25) is 0 Å². The molecule has 0 spiro atoms. The molecule has 1 saturated carbocycles. The van der Waals surface area contributed by atoms with Crippen LogP contribution in [0.25, 0.3) is 0 Å². The quantitative estimate of drug-likeness (QED) is 0.314. The van der Waals surface area contributed by atoms with Crippen LogP contribution in [0.4, 0.5) is 4.79 Å². The third kappa shape index (κ3) is 8.71. The zero-order valence-electron chi connectivity index (χ0n) is 18.5. The number of ether oxygens (including phenoxy) is 1. The maximum atomic E-state index is 12.0. The van der Waals surface area contributed by atoms with Gasteiger partial charge in [-0.05, 0) is 60.8 Å². The Hall–Kier alpha value is -0.770. The lowest BCUT2D eigenvalue weighted by atomic mass is 10.2. The summed E-state index contributed by atoms with van der Waals surface area (Å²) in [7, 11) is 0. The molecule has 1 saturated heterocycles. The van der Waals surface area contributed by atoms with E-state index < -0.39 is 5.60 Å². The number of guanidine groups is 1. The minimum absolute atomic E-state index is 0. The molecule has 1 aliphatic carbocycles. The Bertz CT molecular complexity index is 515. The molecule has 1 atom stereocenters. The largest absolute Gasteiger partial charge is 0.444 e. The van der Waals surface area contributed by atoms with Gasteiger partial charge in [0.2, 0.25) is 0 Å². The van der Waals surface area contributed by atoms with Gasteiger partial charge in [-0.3, -0.25) is 9.89 Å². The van der Waals surface area contributed by atoms with Gasteiger partial charge in [0, 0.05) is 38.3 Å². The third-order valence-corrected chi connectivity index (χ3v) is 4.84. The molecule has 2 rings (SSSR count). The molecule has 8 heteroatoms. The van der Waals surface area contributed by atoms with Gasteiger partial charge >= 0.3 is 6.09 Å². The van der Waals surface area contributed by atoms with Crippen LogP contribution < -0.4 is 10.6 Å². The Morgan fingerprint density at radius 2 is 1.96 bits per heavy atom. The lowest BCUT2D eigenvalue weighted by Gasteiger charge is -2.26. The van der Waals surface area contributed by atoms with Gasteiger partial charge in [0.25, 0.3) is 0 Å². The first-order valence-electron chi connectivity index (χ1n) is 10.5. The van der Waals surface area contributed by atoms with Crippen LogP contribution in [-0.2, 0) is 4.74 Å². The van der Waals surface area contributed by atoms with E-state index in [1.54, 1.807) is 0 Å². The van der Waals surface area contributed by atoms with E-state index in [0.717, 1.165) is 51.1 Å². The topological polar surface area (TPSA) is 69.2 Å². The fraction of sp³-hybridized carbons (Fsp3) is 0.900. The second kappa shape index (κ2) is 11.4. The third-order valence-electron chi connectivity index (χ3n) is 4.84. The second-order valence-electron chi connectivity index (χ2n) is 8.88. The summed E-state index contributed by atoms with van der Waals surface area (Å²) >= 11 is 0. The van der Waals surface area contributed by atoms with Gasteiger partial charge < -0.3 is 20.3 Å². The van der Waals surface area contributed by atoms with Gasteiger partial charge in [-0.15, -0.1) is 24.0 Å². The minimum atomic E-state index is -0.470. The molecule has 7 nitrogen and oxygen atoms in total. The van der Waals surface area contributed by atoms with Crippen LogP contribution in [-0.4, -0.2) is 78.3 Å². The van der Waals surface area contributed by atoms with Crippen molar-refractivity contribution in [3.63, 3.8) is 0 Å². The van der Waals surface area contributed by atoms with E-state index in [1.165, 1.54) is 12.8 Å². The summed E-state index contributed by atoms with van der Waals surface area (Å²) in [5.41, 5.74) is -0.470. The number of rotatable bonds is 7. The zero-order chi connectivity index (χ0) is 20.0. The maximum absolute atomic E-state index is 12.0. The van der Waals surface area contributed by atoms with Gasteiger partial charge in [-0.1, -0.05) is 0 Å². The van der Waals surface area contributed by atoms with Crippen molar-refractivity contribution in [1.82, 2.24) is 20.4 Å². The lowest BCUT2D eigenvalue weighted by Crippen LogP contribution is -2.44. The molecule has 2 N–H and O–H groups in total. The van der Waals surface area contributed by atoms with Crippen molar-refractivity contribution >= 4 is 36.0 Å². The fourth-order valence-corrected chi connectivity index (χ4v) is 3.51. The lowest BCUT2D eigenvalue weighted by molar-refractivity contribution is 0.0507. The number of carbonyl (C=O) groups excluding carboxylic acids is 1. The van der Waals surface area contributed by atoms with Gasteiger partial charge in [0.15, 0.2) is 5.96 Å². The molecular weight excluding hydrogens is 469 g/mol. The van der Waals surface area contributed by atoms with Crippen molar-refractivity contribution < 1.29 is 9.53 Å². The Morgan fingerprint density at radius 1 is 1.29 bits per heavy atom. The number of amides is 1. The minimum Gasteiger partial charge on any atom is -0.444 e. The summed E-state index contributed by atoms with van der Waals surface area (Å²) in [6.07, 6.45) is 3.22. The zero-order valence-corrected chi connectivity index (χ0v) is 20.8. The first-order chi connectivity index (χ1) is 12.7. The van der Waals surface area contributed by atoms with E-state index in [0.29, 0.717) is 6.04 Å². The Kier molecular flexibility index (Phi) is 10.3. The molecule has 0 unspecified atom stereocenters. The molecule has 0 aromatic heterocycles. The fourth-order valence-electron chi connectivity index (χ4n) is 3.51. The number of nitrogens with zero attached hydrogens (tertiary/aromatic N) is 3. The van der Waals surface area contributed by atoms with Crippen LogP contribution in [0.15, 0.2) is 4.99 Å². The molecule has 1 amide bonds. The number of hydrogen-bond donors (Lipinski definition) is 2. The number of likely N-dealkylation sites (tertiary alicyclic amines) is 1. The molecule has 1 heterocycles. The van der Waals surface area contributed by atoms with Gasteiger partial charge in [-0.25, -0.2) is 4.79 Å². The van der Waals surface area contributed by atoms with Crippen LogP contribution >= 0.6 is 24.0 Å². The summed E-state index contributed by atoms with van der Waals surface area (Å²) < 4.78 is 5.36. The van der Waals surface area contributed by atoms with Crippen LogP contribution in [0.3, 0.4) is 0 Å². The van der Waals surface area contributed by atoms with Crippen LogP contribution in [0.5, 0.6) is 0 Å². The Labute approximate surface area is 188 Å². The van der Waals surface area contributed by atoms with Crippen molar-refractivity contribution in [1.29, 1.82) is 0 Å². The highest BCUT2D eigenvalue weighted by molar-refractivity contribution is 14.0. The van der Waals surface area contributed by atoms with Crippen molar-refractivity contribution in [3.8, 4) is 0 Å². The molecule has 2 aliphatic rings. The number of aliphatic imine (C=N–C) groups is 1. The molecule has 28 heavy (non-hydrogen) atoms. The normalized spacial score (nSPS) is 20.4. The van der Waals surface area contributed by atoms with E-state index in [-0.39, 0.29) is 36.1 Å². The molecule has 0 bridgehead atoms. The average molecular weight is 509 g/mol. The average Bonchev–Trinajstić information content (AvgIpc) is 3.27. The van der Waals surface area contributed by atoms with Gasteiger partial charge in [-0.2, -0.15) is 0 Å². The second-order valence-corrected chi connectivity index (χ2v) is 8.88. The van der Waals surface area contributed by atoms with E-state index in [9.17, 15) is 4.79 Å². The van der Waals surface area contributed by atoms with Crippen LogP contribution in [0, 0.1) is 0 Å². The maximum Gasteiger partial charge on any atom is 0.407 e. The molecular formula is C20H40IN5O2. The number of hydrogen-bond acceptors (Lipinski definition) is 4. The highest BCUT2D eigenvalue weighted by Crippen LogP contribution is 2.28. The smallest absolute Gasteiger partial charge is 0.407 e. The number of carbonyl (C=O) groups is 1. The van der Waals surface area contributed by atoms with E-state index in [4.69, 9.17) is 9.73 Å². The summed E-state index contributed by atoms with van der Waals surface area (Å²) in [5.74, 6) is 0.950. The van der Waals surface area contributed by atoms with Crippen molar-refractivity contribution in [2.45, 2.75) is 84.5 Å². The summed E-state index contributed by atoms with van der Waals surface area (Å²) in [5, 5.41) is 6.38. The van der Waals surface area contributed by atoms with E-state index in [2.05, 4.69) is 41.2 Å². The summed E-state index contributed by atoms with van der Waals surface area (Å²) in [4.78, 5) is 21.6. The monoisotopic (exact) mass is 509 g/mol. The van der Waals surface area contributed by atoms with E-state index in [1.807, 2.05) is 20.8 Å². The number of alkyl carbamates (subject to hydrolysis) is 1.